The Balaban J connectivity index is 0.00000180. The van der Waals surface area contributed by atoms with Gasteiger partial charge in [-0.1, -0.05) is 33.6 Å². The van der Waals surface area contributed by atoms with Gasteiger partial charge in [-0.05, 0) is 43.3 Å². The van der Waals surface area contributed by atoms with Crippen LogP contribution in [0.1, 0.15) is 18.5 Å². The van der Waals surface area contributed by atoms with E-state index in [1.54, 1.807) is 18.2 Å². The van der Waals surface area contributed by atoms with Crippen molar-refractivity contribution in [3.05, 3.63) is 57.5 Å². The van der Waals surface area contributed by atoms with Gasteiger partial charge in [-0.3, -0.25) is 0 Å². The molecule has 0 radical (unpaired) electrons. The van der Waals surface area contributed by atoms with E-state index < -0.39 is 0 Å². The van der Waals surface area contributed by atoms with Crippen LogP contribution < -0.4 is 5.32 Å². The summed E-state index contributed by atoms with van der Waals surface area (Å²) >= 11 is 9.37. The third kappa shape index (κ3) is 4.30. The molecule has 2 aromatic rings. The largest absolute Gasteiger partial charge is 0.508 e. The lowest BCUT2D eigenvalue weighted by atomic mass is 10.1. The van der Waals surface area contributed by atoms with Crippen molar-refractivity contribution in [2.75, 3.05) is 5.32 Å². The minimum absolute atomic E-state index is 0. The standard InChI is InChI=1S/C14H13BrClNO.ClH/c1-9(13-8-11(16)5-6-14(13)18)17-12-4-2-3-10(15)7-12;/h2-9,17-18H,1H3;1H. The van der Waals surface area contributed by atoms with Crippen LogP contribution in [0.2, 0.25) is 5.02 Å². The van der Waals surface area contributed by atoms with Gasteiger partial charge >= 0.3 is 0 Å². The van der Waals surface area contributed by atoms with Gasteiger partial charge in [0.15, 0.2) is 0 Å². The first-order valence-corrected chi connectivity index (χ1v) is 6.74. The number of benzene rings is 2. The smallest absolute Gasteiger partial charge is 0.120 e. The van der Waals surface area contributed by atoms with Crippen molar-refractivity contribution in [2.24, 2.45) is 0 Å². The molecule has 1 unspecified atom stereocenters. The maximum atomic E-state index is 9.83. The highest BCUT2D eigenvalue weighted by molar-refractivity contribution is 9.10. The van der Waals surface area contributed by atoms with Crippen molar-refractivity contribution < 1.29 is 5.11 Å². The number of rotatable bonds is 3. The Hall–Kier alpha value is -0.900. The third-order valence-corrected chi connectivity index (χ3v) is 3.39. The molecule has 0 aromatic heterocycles. The fraction of sp³-hybridized carbons (Fsp3) is 0.143. The van der Waals surface area contributed by atoms with Crippen LogP contribution in [-0.4, -0.2) is 5.11 Å². The first-order valence-electron chi connectivity index (χ1n) is 5.57. The SMILES string of the molecule is CC(Nc1cccc(Br)c1)c1cc(Cl)ccc1O.Cl. The van der Waals surface area contributed by atoms with Crippen LogP contribution in [0.15, 0.2) is 46.9 Å². The Kier molecular flexibility index (Phi) is 5.98. The van der Waals surface area contributed by atoms with Crippen LogP contribution in [-0.2, 0) is 0 Å². The molecule has 0 amide bonds. The molecule has 0 aliphatic carbocycles. The summed E-state index contributed by atoms with van der Waals surface area (Å²) in [6.07, 6.45) is 0. The highest BCUT2D eigenvalue weighted by Gasteiger charge is 2.10. The Bertz CT molecular complexity index is 563. The monoisotopic (exact) mass is 361 g/mol. The quantitative estimate of drug-likeness (QED) is 0.765. The van der Waals surface area contributed by atoms with E-state index in [9.17, 15) is 5.11 Å². The average Bonchev–Trinajstić information content (AvgIpc) is 2.32. The number of hydrogen-bond acceptors (Lipinski definition) is 2. The fourth-order valence-electron chi connectivity index (χ4n) is 1.78. The molecule has 2 aromatic carbocycles. The van der Waals surface area contributed by atoms with E-state index in [-0.39, 0.29) is 24.2 Å². The first kappa shape index (κ1) is 16.2. The zero-order chi connectivity index (χ0) is 13.1. The zero-order valence-corrected chi connectivity index (χ0v) is 13.4. The molecule has 0 bridgehead atoms. The molecule has 0 aliphatic heterocycles. The van der Waals surface area contributed by atoms with Crippen LogP contribution in [0.5, 0.6) is 5.75 Å². The summed E-state index contributed by atoms with van der Waals surface area (Å²) in [5.74, 6) is 0.245. The minimum atomic E-state index is -0.0296. The van der Waals surface area contributed by atoms with Crippen molar-refractivity contribution in [1.82, 2.24) is 0 Å². The van der Waals surface area contributed by atoms with E-state index in [1.165, 1.54) is 0 Å². The van der Waals surface area contributed by atoms with Gasteiger partial charge < -0.3 is 10.4 Å². The molecular formula is C14H14BrCl2NO. The number of phenolic OH excluding ortho intramolecular Hbond substituents is 1. The molecule has 0 fully saturated rings. The molecule has 19 heavy (non-hydrogen) atoms. The molecule has 5 heteroatoms. The molecule has 102 valence electrons. The molecule has 0 saturated carbocycles. The Morgan fingerprint density at radius 2 is 1.95 bits per heavy atom. The summed E-state index contributed by atoms with van der Waals surface area (Å²) in [7, 11) is 0. The molecule has 0 aliphatic rings. The average molecular weight is 363 g/mol. The van der Waals surface area contributed by atoms with Crippen molar-refractivity contribution in [1.29, 1.82) is 0 Å². The summed E-state index contributed by atoms with van der Waals surface area (Å²) in [5.41, 5.74) is 1.76. The lowest BCUT2D eigenvalue weighted by molar-refractivity contribution is 0.465. The first-order chi connectivity index (χ1) is 8.56. The second-order valence-electron chi connectivity index (χ2n) is 4.08. The van der Waals surface area contributed by atoms with Gasteiger partial charge in [0.25, 0.3) is 0 Å². The van der Waals surface area contributed by atoms with Crippen LogP contribution in [0, 0.1) is 0 Å². The van der Waals surface area contributed by atoms with Crippen LogP contribution >= 0.6 is 39.9 Å². The second-order valence-corrected chi connectivity index (χ2v) is 5.43. The lowest BCUT2D eigenvalue weighted by Gasteiger charge is -2.17. The van der Waals surface area contributed by atoms with Crippen molar-refractivity contribution >= 4 is 45.6 Å². The van der Waals surface area contributed by atoms with Gasteiger partial charge in [-0.2, -0.15) is 0 Å². The summed E-state index contributed by atoms with van der Waals surface area (Å²) in [5, 5.41) is 13.8. The predicted octanol–water partition coefficient (Wildman–Crippen LogP) is 5.40. The Labute approximate surface area is 132 Å². The molecule has 2 N–H and O–H groups in total. The van der Waals surface area contributed by atoms with Gasteiger partial charge in [0.05, 0.1) is 6.04 Å². The number of halogens is 3. The van der Waals surface area contributed by atoms with Gasteiger partial charge in [0, 0.05) is 20.7 Å². The van der Waals surface area contributed by atoms with Crippen molar-refractivity contribution in [3.8, 4) is 5.75 Å². The van der Waals surface area contributed by atoms with Gasteiger partial charge in [-0.15, -0.1) is 12.4 Å². The summed E-state index contributed by atoms with van der Waals surface area (Å²) in [4.78, 5) is 0. The van der Waals surface area contributed by atoms with E-state index in [1.807, 2.05) is 31.2 Å². The number of phenols is 1. The van der Waals surface area contributed by atoms with Crippen LogP contribution in [0.3, 0.4) is 0 Å². The summed E-state index contributed by atoms with van der Waals surface area (Å²) < 4.78 is 1.01. The van der Waals surface area contributed by atoms with Crippen molar-refractivity contribution in [3.63, 3.8) is 0 Å². The molecule has 0 spiro atoms. The molecular weight excluding hydrogens is 349 g/mol. The van der Waals surface area contributed by atoms with Crippen molar-refractivity contribution in [2.45, 2.75) is 13.0 Å². The van der Waals surface area contributed by atoms with Crippen LogP contribution in [0.4, 0.5) is 5.69 Å². The molecule has 2 rings (SSSR count). The predicted molar refractivity (Wildman–Crippen MR) is 86.5 cm³/mol. The second kappa shape index (κ2) is 7.04. The maximum absolute atomic E-state index is 9.83. The highest BCUT2D eigenvalue weighted by atomic mass is 79.9. The van der Waals surface area contributed by atoms with Gasteiger partial charge in [0.2, 0.25) is 0 Å². The highest BCUT2D eigenvalue weighted by Crippen LogP contribution is 2.30. The Morgan fingerprint density at radius 3 is 2.63 bits per heavy atom. The zero-order valence-electron chi connectivity index (χ0n) is 10.2. The third-order valence-electron chi connectivity index (χ3n) is 2.66. The van der Waals surface area contributed by atoms with Crippen LogP contribution in [0.25, 0.3) is 0 Å². The maximum Gasteiger partial charge on any atom is 0.120 e. The number of aromatic hydroxyl groups is 1. The number of hydrogen-bond donors (Lipinski definition) is 2. The topological polar surface area (TPSA) is 32.3 Å². The molecule has 0 heterocycles. The van der Waals surface area contributed by atoms with E-state index in [4.69, 9.17) is 11.6 Å². The number of anilines is 1. The molecule has 0 saturated heterocycles. The molecule has 1 atom stereocenters. The number of nitrogens with one attached hydrogen (secondary N) is 1. The lowest BCUT2D eigenvalue weighted by Crippen LogP contribution is -2.06. The van der Waals surface area contributed by atoms with E-state index >= 15 is 0 Å². The van der Waals surface area contributed by atoms with E-state index in [0.29, 0.717) is 5.02 Å². The van der Waals surface area contributed by atoms with E-state index in [0.717, 1.165) is 15.7 Å². The van der Waals surface area contributed by atoms with Gasteiger partial charge in [-0.25, -0.2) is 0 Å². The summed E-state index contributed by atoms with van der Waals surface area (Å²) in [6, 6.07) is 12.9. The fourth-order valence-corrected chi connectivity index (χ4v) is 2.36. The molecule has 2 nitrogen and oxygen atoms in total. The Morgan fingerprint density at radius 1 is 1.21 bits per heavy atom. The minimum Gasteiger partial charge on any atom is -0.508 e. The summed E-state index contributed by atoms with van der Waals surface area (Å²) in [6.45, 7) is 1.98. The van der Waals surface area contributed by atoms with Gasteiger partial charge in [0.1, 0.15) is 5.75 Å². The van der Waals surface area contributed by atoms with E-state index in [2.05, 4.69) is 21.2 Å². The normalized spacial score (nSPS) is 11.5.